The summed E-state index contributed by atoms with van der Waals surface area (Å²) in [7, 11) is 0. The Labute approximate surface area is 61.7 Å². The standard InChI is InChI=1S/C6H12O2.ClH/c1-4(2)5(3)6(7)8;/h4-5H,1-3H3,(H,7,8);1H. The molecule has 0 aromatic rings. The minimum Gasteiger partial charge on any atom is -0.481 e. The number of carboxylic acid groups (broad SMARTS) is 1. The number of hydrogen-bond donors (Lipinski definition) is 1. The van der Waals surface area contributed by atoms with Crippen molar-refractivity contribution in [1.29, 1.82) is 0 Å². The van der Waals surface area contributed by atoms with E-state index in [0.717, 1.165) is 0 Å². The van der Waals surface area contributed by atoms with Crippen molar-refractivity contribution in [2.45, 2.75) is 20.8 Å². The molecule has 0 saturated heterocycles. The molecule has 0 saturated carbocycles. The Kier molecular flexibility index (Phi) is 5.93. The molecule has 1 N–H and O–H groups in total. The van der Waals surface area contributed by atoms with Crippen LogP contribution in [-0.4, -0.2) is 11.1 Å². The van der Waals surface area contributed by atoms with E-state index in [4.69, 9.17) is 5.11 Å². The Morgan fingerprint density at radius 2 is 1.67 bits per heavy atom. The number of aliphatic carboxylic acids is 1. The number of halogens is 1. The molecule has 0 aromatic heterocycles. The molecule has 1 atom stereocenters. The number of hydrogen-bond acceptors (Lipinski definition) is 1. The van der Waals surface area contributed by atoms with Crippen LogP contribution in [0.25, 0.3) is 0 Å². The SMILES string of the molecule is CC(C)C(C)C(=O)O.Cl. The summed E-state index contributed by atoms with van der Waals surface area (Å²) in [6.07, 6.45) is 0. The summed E-state index contributed by atoms with van der Waals surface area (Å²) in [5.41, 5.74) is 0. The molecule has 0 radical (unpaired) electrons. The molecule has 0 heterocycles. The topological polar surface area (TPSA) is 37.3 Å². The molecule has 56 valence electrons. The van der Waals surface area contributed by atoms with E-state index in [9.17, 15) is 4.79 Å². The fourth-order valence-electron chi connectivity index (χ4n) is 0.285. The first-order valence-corrected chi connectivity index (χ1v) is 2.78. The van der Waals surface area contributed by atoms with Gasteiger partial charge in [0.2, 0.25) is 0 Å². The van der Waals surface area contributed by atoms with Crippen LogP contribution in [0.1, 0.15) is 20.8 Å². The van der Waals surface area contributed by atoms with Gasteiger partial charge in [-0.25, -0.2) is 0 Å². The highest BCUT2D eigenvalue weighted by Crippen LogP contribution is 2.08. The average Bonchev–Trinajstić information content (AvgIpc) is 1.64. The van der Waals surface area contributed by atoms with E-state index >= 15 is 0 Å². The van der Waals surface area contributed by atoms with Gasteiger partial charge in [-0.1, -0.05) is 20.8 Å². The lowest BCUT2D eigenvalue weighted by Gasteiger charge is -2.07. The first-order valence-electron chi connectivity index (χ1n) is 2.78. The van der Waals surface area contributed by atoms with Crippen molar-refractivity contribution >= 4 is 18.4 Å². The minimum atomic E-state index is -0.708. The molecule has 0 bridgehead atoms. The Morgan fingerprint density at radius 1 is 1.33 bits per heavy atom. The first kappa shape index (κ1) is 11.5. The van der Waals surface area contributed by atoms with Gasteiger partial charge in [-0.2, -0.15) is 0 Å². The van der Waals surface area contributed by atoms with Gasteiger partial charge in [0.05, 0.1) is 5.92 Å². The van der Waals surface area contributed by atoms with Gasteiger partial charge in [0, 0.05) is 0 Å². The Morgan fingerprint density at radius 3 is 1.67 bits per heavy atom. The van der Waals surface area contributed by atoms with Gasteiger partial charge in [-0.05, 0) is 5.92 Å². The lowest BCUT2D eigenvalue weighted by molar-refractivity contribution is -0.142. The monoisotopic (exact) mass is 152 g/mol. The Bertz CT molecular complexity index is 91.1. The molecule has 3 heteroatoms. The third kappa shape index (κ3) is 4.28. The molecule has 0 aliphatic rings. The maximum Gasteiger partial charge on any atom is 0.306 e. The van der Waals surface area contributed by atoms with E-state index in [1.54, 1.807) is 6.92 Å². The molecule has 2 nitrogen and oxygen atoms in total. The largest absolute Gasteiger partial charge is 0.481 e. The second-order valence-electron chi connectivity index (χ2n) is 2.37. The number of carbonyl (C=O) groups is 1. The zero-order valence-corrected chi connectivity index (χ0v) is 6.73. The number of rotatable bonds is 2. The summed E-state index contributed by atoms with van der Waals surface area (Å²) < 4.78 is 0. The summed E-state index contributed by atoms with van der Waals surface area (Å²) in [5.74, 6) is -0.678. The van der Waals surface area contributed by atoms with E-state index in [0.29, 0.717) is 0 Å². The van der Waals surface area contributed by atoms with Crippen molar-refractivity contribution in [3.8, 4) is 0 Å². The highest BCUT2D eigenvalue weighted by Gasteiger charge is 2.13. The molecular formula is C6H13ClO2. The summed E-state index contributed by atoms with van der Waals surface area (Å²) in [5, 5.41) is 8.35. The molecule has 0 fully saturated rings. The van der Waals surface area contributed by atoms with Crippen LogP contribution in [0.4, 0.5) is 0 Å². The van der Waals surface area contributed by atoms with Crippen molar-refractivity contribution in [3.05, 3.63) is 0 Å². The van der Waals surface area contributed by atoms with Gasteiger partial charge in [-0.15, -0.1) is 12.4 Å². The summed E-state index contributed by atoms with van der Waals surface area (Å²) in [6, 6.07) is 0. The Hall–Kier alpha value is -0.240. The third-order valence-corrected chi connectivity index (χ3v) is 1.39. The number of carboxylic acids is 1. The Balaban J connectivity index is 0. The first-order chi connectivity index (χ1) is 3.55. The lowest BCUT2D eigenvalue weighted by Crippen LogP contribution is -2.15. The molecule has 9 heavy (non-hydrogen) atoms. The van der Waals surface area contributed by atoms with Crippen LogP contribution in [-0.2, 0) is 4.79 Å². The summed E-state index contributed by atoms with van der Waals surface area (Å²) >= 11 is 0. The van der Waals surface area contributed by atoms with Crippen LogP contribution < -0.4 is 0 Å². The molecule has 0 spiro atoms. The van der Waals surface area contributed by atoms with E-state index in [-0.39, 0.29) is 24.2 Å². The van der Waals surface area contributed by atoms with Crippen LogP contribution in [0.2, 0.25) is 0 Å². The van der Waals surface area contributed by atoms with Gasteiger partial charge in [0.1, 0.15) is 0 Å². The van der Waals surface area contributed by atoms with E-state index < -0.39 is 5.97 Å². The van der Waals surface area contributed by atoms with E-state index in [1.165, 1.54) is 0 Å². The molecule has 0 aromatic carbocycles. The van der Waals surface area contributed by atoms with Crippen LogP contribution >= 0.6 is 12.4 Å². The molecule has 0 aliphatic carbocycles. The van der Waals surface area contributed by atoms with Crippen LogP contribution in [0.5, 0.6) is 0 Å². The highest BCUT2D eigenvalue weighted by molar-refractivity contribution is 5.85. The van der Waals surface area contributed by atoms with Crippen LogP contribution in [0.3, 0.4) is 0 Å². The normalized spacial score (nSPS) is 12.4. The predicted molar refractivity (Wildman–Crippen MR) is 38.9 cm³/mol. The van der Waals surface area contributed by atoms with Gasteiger partial charge >= 0.3 is 5.97 Å². The second-order valence-corrected chi connectivity index (χ2v) is 2.37. The van der Waals surface area contributed by atoms with Gasteiger partial charge < -0.3 is 5.11 Å². The van der Waals surface area contributed by atoms with Crippen molar-refractivity contribution in [1.82, 2.24) is 0 Å². The summed E-state index contributed by atoms with van der Waals surface area (Å²) in [6.45, 7) is 5.52. The minimum absolute atomic E-state index is 0. The second kappa shape index (κ2) is 4.62. The van der Waals surface area contributed by atoms with Crippen LogP contribution in [0.15, 0.2) is 0 Å². The van der Waals surface area contributed by atoms with Crippen molar-refractivity contribution < 1.29 is 9.90 Å². The van der Waals surface area contributed by atoms with Gasteiger partial charge in [-0.3, -0.25) is 4.79 Å². The maximum absolute atomic E-state index is 10.1. The molecule has 1 unspecified atom stereocenters. The summed E-state index contributed by atoms with van der Waals surface area (Å²) in [4.78, 5) is 10.1. The maximum atomic E-state index is 10.1. The molecular weight excluding hydrogens is 140 g/mol. The fourth-order valence-corrected chi connectivity index (χ4v) is 0.285. The quantitative estimate of drug-likeness (QED) is 0.655. The van der Waals surface area contributed by atoms with E-state index in [1.807, 2.05) is 13.8 Å². The smallest absolute Gasteiger partial charge is 0.306 e. The molecule has 0 amide bonds. The van der Waals surface area contributed by atoms with E-state index in [2.05, 4.69) is 0 Å². The van der Waals surface area contributed by atoms with Crippen molar-refractivity contribution in [3.63, 3.8) is 0 Å². The van der Waals surface area contributed by atoms with Crippen molar-refractivity contribution in [2.75, 3.05) is 0 Å². The third-order valence-electron chi connectivity index (χ3n) is 1.39. The molecule has 0 rings (SSSR count). The fraction of sp³-hybridized carbons (Fsp3) is 0.833. The highest BCUT2D eigenvalue weighted by atomic mass is 35.5. The van der Waals surface area contributed by atoms with Gasteiger partial charge in [0.25, 0.3) is 0 Å². The predicted octanol–water partition coefficient (Wildman–Crippen LogP) is 1.78. The zero-order valence-electron chi connectivity index (χ0n) is 5.92. The van der Waals surface area contributed by atoms with Gasteiger partial charge in [0.15, 0.2) is 0 Å². The zero-order chi connectivity index (χ0) is 6.73. The molecule has 0 aliphatic heterocycles. The lowest BCUT2D eigenvalue weighted by atomic mass is 9.99. The van der Waals surface area contributed by atoms with Crippen LogP contribution in [0, 0.1) is 11.8 Å². The van der Waals surface area contributed by atoms with Crippen molar-refractivity contribution in [2.24, 2.45) is 11.8 Å². The average molecular weight is 153 g/mol.